The summed E-state index contributed by atoms with van der Waals surface area (Å²) >= 11 is 12.5. The number of carbonyl (C=O) groups is 1. The lowest BCUT2D eigenvalue weighted by atomic mass is 9.95. The average molecular weight is 407 g/mol. The van der Waals surface area contributed by atoms with Crippen LogP contribution in [0.5, 0.6) is 0 Å². The monoisotopic (exact) mass is 406 g/mol. The number of methoxy groups -OCH3 is 1. The molecule has 0 unspecified atom stereocenters. The molecule has 1 amide bonds. The van der Waals surface area contributed by atoms with Gasteiger partial charge in [0.1, 0.15) is 0 Å². The van der Waals surface area contributed by atoms with Crippen LogP contribution < -0.4 is 5.32 Å². The van der Waals surface area contributed by atoms with Crippen molar-refractivity contribution in [1.82, 2.24) is 4.90 Å². The molecule has 0 radical (unpaired) electrons. The number of likely N-dealkylation sites (tertiary alicyclic amines) is 1. The van der Waals surface area contributed by atoms with Gasteiger partial charge in [0.25, 0.3) is 0 Å². The number of hydrogen-bond donors (Lipinski definition) is 1. The predicted octanol–water partition coefficient (Wildman–Crippen LogP) is 4.99. The fraction of sp³-hybridized carbons (Fsp3) is 0.381. The maximum atomic E-state index is 12.6. The van der Waals surface area contributed by atoms with Gasteiger partial charge < -0.3 is 10.1 Å². The molecule has 6 heteroatoms. The van der Waals surface area contributed by atoms with Crippen molar-refractivity contribution in [2.75, 3.05) is 25.5 Å². The Balaban J connectivity index is 1.53. The van der Waals surface area contributed by atoms with Crippen molar-refractivity contribution in [3.63, 3.8) is 0 Å². The Morgan fingerprint density at radius 3 is 2.48 bits per heavy atom. The smallest absolute Gasteiger partial charge is 0.227 e. The normalized spacial score (nSPS) is 15.7. The van der Waals surface area contributed by atoms with Crippen LogP contribution in [0.1, 0.15) is 24.0 Å². The maximum absolute atomic E-state index is 12.6. The number of nitrogens with zero attached hydrogens (tertiary/aromatic N) is 1. The molecule has 0 bridgehead atoms. The highest BCUT2D eigenvalue weighted by atomic mass is 35.5. The summed E-state index contributed by atoms with van der Waals surface area (Å²) in [6.07, 6.45) is 1.65. The standard InChI is InChI=1S/C21H24Cl2N2O2/c1-27-14-15-4-2-5-17(12-15)24-21(26)16-8-10-25(11-9-16)13-18-19(22)6-3-7-20(18)23/h2-7,12,16H,8-11,13-14H2,1H3,(H,24,26). The zero-order chi connectivity index (χ0) is 19.2. The highest BCUT2D eigenvalue weighted by molar-refractivity contribution is 6.35. The first-order valence-corrected chi connectivity index (χ1v) is 9.86. The molecule has 1 heterocycles. The van der Waals surface area contributed by atoms with Crippen LogP contribution in [0, 0.1) is 5.92 Å². The molecule has 0 atom stereocenters. The first-order valence-electron chi connectivity index (χ1n) is 9.11. The largest absolute Gasteiger partial charge is 0.380 e. The molecule has 1 fully saturated rings. The van der Waals surface area contributed by atoms with Crippen molar-refractivity contribution in [1.29, 1.82) is 0 Å². The van der Waals surface area contributed by atoms with E-state index in [1.165, 1.54) is 0 Å². The van der Waals surface area contributed by atoms with E-state index in [1.807, 2.05) is 42.5 Å². The molecule has 0 aromatic heterocycles. The Morgan fingerprint density at radius 2 is 1.81 bits per heavy atom. The summed E-state index contributed by atoms with van der Waals surface area (Å²) in [5.74, 6) is 0.106. The Labute approximate surface area is 170 Å². The molecule has 2 aromatic rings. The third-order valence-electron chi connectivity index (χ3n) is 4.91. The third kappa shape index (κ3) is 5.45. The zero-order valence-corrected chi connectivity index (χ0v) is 16.9. The summed E-state index contributed by atoms with van der Waals surface area (Å²) in [5, 5.41) is 4.42. The number of amides is 1. The van der Waals surface area contributed by atoms with Crippen molar-refractivity contribution >= 4 is 34.8 Å². The van der Waals surface area contributed by atoms with Crippen molar-refractivity contribution in [3.05, 3.63) is 63.6 Å². The molecule has 0 aliphatic carbocycles. The quantitative estimate of drug-likeness (QED) is 0.734. The minimum absolute atomic E-state index is 0.0223. The van der Waals surface area contributed by atoms with Crippen molar-refractivity contribution in [3.8, 4) is 0 Å². The predicted molar refractivity (Wildman–Crippen MR) is 110 cm³/mol. The Morgan fingerprint density at radius 1 is 1.15 bits per heavy atom. The van der Waals surface area contributed by atoms with Crippen LogP contribution in [0.15, 0.2) is 42.5 Å². The molecule has 1 aliphatic rings. The van der Waals surface area contributed by atoms with Crippen LogP contribution in [-0.2, 0) is 22.7 Å². The minimum Gasteiger partial charge on any atom is -0.380 e. The van der Waals surface area contributed by atoms with Gasteiger partial charge in [0.15, 0.2) is 0 Å². The van der Waals surface area contributed by atoms with Crippen LogP contribution >= 0.6 is 23.2 Å². The second kappa shape index (κ2) is 9.56. The van der Waals surface area contributed by atoms with E-state index in [0.29, 0.717) is 23.2 Å². The number of ether oxygens (including phenoxy) is 1. The highest BCUT2D eigenvalue weighted by Gasteiger charge is 2.25. The number of halogens is 2. The summed E-state index contributed by atoms with van der Waals surface area (Å²) in [6.45, 7) is 2.95. The van der Waals surface area contributed by atoms with Gasteiger partial charge in [-0.25, -0.2) is 0 Å². The zero-order valence-electron chi connectivity index (χ0n) is 15.4. The van der Waals surface area contributed by atoms with Crippen LogP contribution in [-0.4, -0.2) is 31.0 Å². The number of nitrogens with one attached hydrogen (secondary N) is 1. The molecule has 144 valence electrons. The van der Waals surface area contributed by atoms with E-state index in [-0.39, 0.29) is 11.8 Å². The maximum Gasteiger partial charge on any atom is 0.227 e. The van der Waals surface area contributed by atoms with Gasteiger partial charge in [-0.05, 0) is 55.8 Å². The molecule has 1 saturated heterocycles. The summed E-state index contributed by atoms with van der Waals surface area (Å²) in [6, 6.07) is 13.4. The number of anilines is 1. The topological polar surface area (TPSA) is 41.6 Å². The Kier molecular flexibility index (Phi) is 7.13. The first kappa shape index (κ1) is 20.2. The summed E-state index contributed by atoms with van der Waals surface area (Å²) < 4.78 is 5.14. The third-order valence-corrected chi connectivity index (χ3v) is 5.62. The highest BCUT2D eigenvalue weighted by Crippen LogP contribution is 2.28. The molecule has 0 saturated carbocycles. The van der Waals surface area contributed by atoms with Gasteiger partial charge in [-0.2, -0.15) is 0 Å². The van der Waals surface area contributed by atoms with Crippen molar-refractivity contribution in [2.24, 2.45) is 5.92 Å². The van der Waals surface area contributed by atoms with E-state index < -0.39 is 0 Å². The lowest BCUT2D eigenvalue weighted by Gasteiger charge is -2.31. The van der Waals surface area contributed by atoms with Crippen molar-refractivity contribution < 1.29 is 9.53 Å². The van der Waals surface area contributed by atoms with E-state index in [4.69, 9.17) is 27.9 Å². The van der Waals surface area contributed by atoms with E-state index in [9.17, 15) is 4.79 Å². The van der Waals surface area contributed by atoms with Crippen LogP contribution in [0.2, 0.25) is 10.0 Å². The van der Waals surface area contributed by atoms with E-state index in [1.54, 1.807) is 7.11 Å². The number of benzene rings is 2. The summed E-state index contributed by atoms with van der Waals surface area (Å²) in [5.41, 5.74) is 2.82. The van der Waals surface area contributed by atoms with E-state index in [2.05, 4.69) is 10.2 Å². The van der Waals surface area contributed by atoms with Gasteiger partial charge in [0.05, 0.1) is 6.61 Å². The number of hydrogen-bond acceptors (Lipinski definition) is 3. The molecular formula is C21H24Cl2N2O2. The SMILES string of the molecule is COCc1cccc(NC(=O)C2CCN(Cc3c(Cl)cccc3Cl)CC2)c1. The van der Waals surface area contributed by atoms with Gasteiger partial charge >= 0.3 is 0 Å². The number of piperidine rings is 1. The molecule has 0 spiro atoms. The number of rotatable bonds is 6. The number of carbonyl (C=O) groups excluding carboxylic acids is 1. The first-order chi connectivity index (χ1) is 13.1. The van der Waals surface area contributed by atoms with Gasteiger partial charge in [-0.1, -0.05) is 41.4 Å². The lowest BCUT2D eigenvalue weighted by Crippen LogP contribution is -2.37. The van der Waals surface area contributed by atoms with Gasteiger partial charge in [-0.15, -0.1) is 0 Å². The van der Waals surface area contributed by atoms with E-state index in [0.717, 1.165) is 42.7 Å². The molecule has 4 nitrogen and oxygen atoms in total. The molecule has 1 N–H and O–H groups in total. The van der Waals surface area contributed by atoms with Crippen LogP contribution in [0.25, 0.3) is 0 Å². The molecule has 2 aromatic carbocycles. The average Bonchev–Trinajstić information content (AvgIpc) is 2.66. The van der Waals surface area contributed by atoms with Gasteiger partial charge in [0.2, 0.25) is 5.91 Å². The molecule has 3 rings (SSSR count). The lowest BCUT2D eigenvalue weighted by molar-refractivity contribution is -0.121. The fourth-order valence-corrected chi connectivity index (χ4v) is 3.93. The Bertz CT molecular complexity index is 769. The second-order valence-corrected chi connectivity index (χ2v) is 7.69. The minimum atomic E-state index is 0.0223. The Hall–Kier alpha value is -1.59. The molecule has 27 heavy (non-hydrogen) atoms. The van der Waals surface area contributed by atoms with E-state index >= 15 is 0 Å². The summed E-state index contributed by atoms with van der Waals surface area (Å²) in [7, 11) is 1.66. The second-order valence-electron chi connectivity index (χ2n) is 6.87. The van der Waals surface area contributed by atoms with Crippen molar-refractivity contribution in [2.45, 2.75) is 26.0 Å². The molecular weight excluding hydrogens is 383 g/mol. The van der Waals surface area contributed by atoms with Crippen LogP contribution in [0.4, 0.5) is 5.69 Å². The van der Waals surface area contributed by atoms with Gasteiger partial charge in [0, 0.05) is 40.9 Å². The van der Waals surface area contributed by atoms with Gasteiger partial charge in [-0.3, -0.25) is 9.69 Å². The molecule has 1 aliphatic heterocycles. The fourth-order valence-electron chi connectivity index (χ4n) is 3.41. The van der Waals surface area contributed by atoms with Crippen LogP contribution in [0.3, 0.4) is 0 Å². The summed E-state index contributed by atoms with van der Waals surface area (Å²) in [4.78, 5) is 14.9.